The zero-order valence-corrected chi connectivity index (χ0v) is 13.4. The molecule has 3 heteroatoms. The first kappa shape index (κ1) is 13.8. The molecule has 4 aromatic rings. The lowest BCUT2D eigenvalue weighted by atomic mass is 9.97. The highest BCUT2D eigenvalue weighted by Crippen LogP contribution is 2.35. The molecular weight excluding hydrogens is 286 g/mol. The number of pyridine rings is 1. The van der Waals surface area contributed by atoms with Crippen LogP contribution in [0, 0.1) is 13.8 Å². The van der Waals surface area contributed by atoms with Crippen LogP contribution in [0.1, 0.15) is 11.1 Å². The number of hydrogen-bond donors (Lipinski definition) is 0. The summed E-state index contributed by atoms with van der Waals surface area (Å²) in [5.74, 6) is 0. The van der Waals surface area contributed by atoms with Crippen LogP contribution in [0.4, 0.5) is 0 Å². The van der Waals surface area contributed by atoms with Gasteiger partial charge in [0.15, 0.2) is 0 Å². The molecule has 0 atom stereocenters. The van der Waals surface area contributed by atoms with E-state index in [4.69, 9.17) is 4.42 Å². The number of furan rings is 1. The number of fused-ring (bicyclic) bond motifs is 2. The summed E-state index contributed by atoms with van der Waals surface area (Å²) in [5, 5.41) is 2.18. The van der Waals surface area contributed by atoms with Crippen LogP contribution in [-0.4, -0.2) is 4.57 Å². The van der Waals surface area contributed by atoms with E-state index in [1.807, 2.05) is 51.2 Å². The highest BCUT2D eigenvalue weighted by molar-refractivity contribution is 6.05. The number of rotatable bonds is 1. The van der Waals surface area contributed by atoms with Crippen molar-refractivity contribution in [1.82, 2.24) is 4.57 Å². The standard InChI is InChI=1S/C20H17NO2/c1-12-11-23-20-13(2)19-17(9-15(12)20)16(10-18(22)21(19)3)14-7-5-4-6-8-14/h4-11H,1-3H3. The molecule has 0 saturated carbocycles. The van der Waals surface area contributed by atoms with Crippen LogP contribution >= 0.6 is 0 Å². The Morgan fingerprint density at radius 1 is 1.00 bits per heavy atom. The van der Waals surface area contributed by atoms with Crippen LogP contribution in [0.25, 0.3) is 33.0 Å². The van der Waals surface area contributed by atoms with Crippen LogP contribution in [0.3, 0.4) is 0 Å². The maximum atomic E-state index is 12.5. The number of nitrogens with zero attached hydrogens (tertiary/aromatic N) is 1. The minimum atomic E-state index is -0.0120. The first-order valence-corrected chi connectivity index (χ1v) is 7.64. The molecule has 0 N–H and O–H groups in total. The normalized spacial score (nSPS) is 11.4. The van der Waals surface area contributed by atoms with Crippen molar-refractivity contribution in [2.75, 3.05) is 0 Å². The van der Waals surface area contributed by atoms with Crippen molar-refractivity contribution in [1.29, 1.82) is 0 Å². The van der Waals surface area contributed by atoms with Gasteiger partial charge in [-0.3, -0.25) is 4.79 Å². The smallest absolute Gasteiger partial charge is 0.251 e. The molecule has 0 unspecified atom stereocenters. The Kier molecular flexibility index (Phi) is 2.91. The van der Waals surface area contributed by atoms with Crippen LogP contribution in [0.15, 0.2) is 57.9 Å². The Bertz CT molecular complexity index is 1100. The zero-order valence-electron chi connectivity index (χ0n) is 13.4. The van der Waals surface area contributed by atoms with Gasteiger partial charge in [-0.2, -0.15) is 0 Å². The van der Waals surface area contributed by atoms with Gasteiger partial charge >= 0.3 is 0 Å². The topological polar surface area (TPSA) is 35.1 Å². The van der Waals surface area contributed by atoms with E-state index >= 15 is 0 Å². The first-order valence-electron chi connectivity index (χ1n) is 7.64. The highest BCUT2D eigenvalue weighted by atomic mass is 16.3. The summed E-state index contributed by atoms with van der Waals surface area (Å²) in [5.41, 5.74) is 5.90. The Morgan fingerprint density at radius 2 is 1.74 bits per heavy atom. The van der Waals surface area contributed by atoms with E-state index in [-0.39, 0.29) is 5.56 Å². The van der Waals surface area contributed by atoms with E-state index in [0.29, 0.717) is 0 Å². The van der Waals surface area contributed by atoms with Gasteiger partial charge in [0.05, 0.1) is 11.8 Å². The van der Waals surface area contributed by atoms with Crippen molar-refractivity contribution in [3.8, 4) is 11.1 Å². The van der Waals surface area contributed by atoms with Gasteiger partial charge in [-0.05, 0) is 36.6 Å². The Morgan fingerprint density at radius 3 is 2.48 bits per heavy atom. The number of aryl methyl sites for hydroxylation is 3. The third kappa shape index (κ3) is 1.93. The molecular formula is C20H17NO2. The molecule has 23 heavy (non-hydrogen) atoms. The Hall–Kier alpha value is -2.81. The lowest BCUT2D eigenvalue weighted by Gasteiger charge is -2.13. The van der Waals surface area contributed by atoms with Gasteiger partial charge in [0.2, 0.25) is 0 Å². The molecule has 0 aliphatic rings. The number of aromatic nitrogens is 1. The summed E-state index contributed by atoms with van der Waals surface area (Å²) in [6, 6.07) is 13.9. The van der Waals surface area contributed by atoms with Gasteiger partial charge in [-0.1, -0.05) is 30.3 Å². The predicted molar refractivity (Wildman–Crippen MR) is 93.9 cm³/mol. The van der Waals surface area contributed by atoms with Crippen LogP contribution in [0.2, 0.25) is 0 Å². The van der Waals surface area contributed by atoms with Gasteiger partial charge < -0.3 is 8.98 Å². The van der Waals surface area contributed by atoms with E-state index in [1.54, 1.807) is 16.9 Å². The molecule has 4 rings (SSSR count). The summed E-state index contributed by atoms with van der Waals surface area (Å²) in [6.45, 7) is 4.06. The largest absolute Gasteiger partial charge is 0.464 e. The molecule has 0 spiro atoms. The van der Waals surface area contributed by atoms with Gasteiger partial charge in [-0.25, -0.2) is 0 Å². The lowest BCUT2D eigenvalue weighted by Crippen LogP contribution is -2.17. The molecule has 0 amide bonds. The Balaban J connectivity index is 2.26. The molecule has 2 heterocycles. The van der Waals surface area contributed by atoms with Crippen molar-refractivity contribution in [2.24, 2.45) is 7.05 Å². The number of benzene rings is 2. The van der Waals surface area contributed by atoms with E-state index in [9.17, 15) is 4.79 Å². The maximum Gasteiger partial charge on any atom is 0.251 e. The van der Waals surface area contributed by atoms with Crippen molar-refractivity contribution >= 4 is 21.9 Å². The van der Waals surface area contributed by atoms with Gasteiger partial charge in [-0.15, -0.1) is 0 Å². The minimum Gasteiger partial charge on any atom is -0.464 e. The lowest BCUT2D eigenvalue weighted by molar-refractivity contribution is 0.610. The van der Waals surface area contributed by atoms with E-state index in [2.05, 4.69) is 6.07 Å². The molecule has 114 valence electrons. The molecule has 0 saturated heterocycles. The predicted octanol–water partition coefficient (Wildman–Crippen LogP) is 4.57. The minimum absolute atomic E-state index is 0.0120. The third-order valence-corrected chi connectivity index (χ3v) is 4.57. The first-order chi connectivity index (χ1) is 11.1. The fourth-order valence-corrected chi connectivity index (χ4v) is 3.35. The van der Waals surface area contributed by atoms with Gasteiger partial charge in [0.1, 0.15) is 5.58 Å². The summed E-state index contributed by atoms with van der Waals surface area (Å²) in [6.07, 6.45) is 1.77. The van der Waals surface area contributed by atoms with Gasteiger partial charge in [0.25, 0.3) is 5.56 Å². The average Bonchev–Trinajstić information content (AvgIpc) is 2.93. The van der Waals surface area contributed by atoms with Crippen LogP contribution in [0.5, 0.6) is 0 Å². The maximum absolute atomic E-state index is 12.5. The second kappa shape index (κ2) is 4.85. The fraction of sp³-hybridized carbons (Fsp3) is 0.150. The van der Waals surface area contributed by atoms with E-state index in [1.165, 1.54) is 0 Å². The van der Waals surface area contributed by atoms with Crippen molar-refractivity contribution in [2.45, 2.75) is 13.8 Å². The van der Waals surface area contributed by atoms with Crippen molar-refractivity contribution < 1.29 is 4.42 Å². The monoisotopic (exact) mass is 303 g/mol. The fourth-order valence-electron chi connectivity index (χ4n) is 3.35. The summed E-state index contributed by atoms with van der Waals surface area (Å²) >= 11 is 0. The SMILES string of the molecule is Cc1coc2c(C)c3c(cc12)c(-c1ccccc1)cc(=O)n3C. The van der Waals surface area contributed by atoms with E-state index in [0.717, 1.165) is 44.1 Å². The van der Waals surface area contributed by atoms with Crippen molar-refractivity contribution in [3.63, 3.8) is 0 Å². The summed E-state index contributed by atoms with van der Waals surface area (Å²) in [4.78, 5) is 12.5. The molecule has 0 aliphatic carbocycles. The molecule has 0 bridgehead atoms. The van der Waals surface area contributed by atoms with Crippen LogP contribution < -0.4 is 5.56 Å². The molecule has 3 nitrogen and oxygen atoms in total. The average molecular weight is 303 g/mol. The summed E-state index contributed by atoms with van der Waals surface area (Å²) in [7, 11) is 1.81. The molecule has 2 aromatic heterocycles. The zero-order chi connectivity index (χ0) is 16.1. The molecule has 0 radical (unpaired) electrons. The molecule has 0 aliphatic heterocycles. The second-order valence-corrected chi connectivity index (χ2v) is 6.01. The number of hydrogen-bond acceptors (Lipinski definition) is 2. The van der Waals surface area contributed by atoms with Gasteiger partial charge in [0, 0.05) is 29.4 Å². The van der Waals surface area contributed by atoms with E-state index < -0.39 is 0 Å². The van der Waals surface area contributed by atoms with Crippen molar-refractivity contribution in [3.05, 3.63) is 70.2 Å². The summed E-state index contributed by atoms with van der Waals surface area (Å²) < 4.78 is 7.42. The second-order valence-electron chi connectivity index (χ2n) is 6.01. The third-order valence-electron chi connectivity index (χ3n) is 4.57. The molecule has 2 aromatic carbocycles. The quantitative estimate of drug-likeness (QED) is 0.516. The highest BCUT2D eigenvalue weighted by Gasteiger charge is 2.16. The van der Waals surface area contributed by atoms with Crippen LogP contribution in [-0.2, 0) is 7.05 Å². The Labute approximate surface area is 133 Å². The molecule has 0 fully saturated rings.